The summed E-state index contributed by atoms with van der Waals surface area (Å²) in [5.74, 6) is 0. The maximum absolute atomic E-state index is 9.59. The van der Waals surface area contributed by atoms with Gasteiger partial charge in [-0.15, -0.1) is 0 Å². The number of likely N-dealkylation sites (N-methyl/N-ethyl adjacent to an activating group) is 1. The van der Waals surface area contributed by atoms with Gasteiger partial charge in [-0.25, -0.2) is 0 Å². The Morgan fingerprint density at radius 1 is 1.35 bits per heavy atom. The standard InChI is InChI=1S/C14H28N2O/c1-4-12-6-5-11(2)16(12)13-7-8-14(9-13,10-17)15-3/h11-13,15,17H,4-10H2,1-3H3. The third-order valence-corrected chi connectivity index (χ3v) is 5.16. The highest BCUT2D eigenvalue weighted by Gasteiger charge is 2.44. The summed E-state index contributed by atoms with van der Waals surface area (Å²) in [5, 5.41) is 12.9. The molecule has 2 N–H and O–H groups in total. The molecule has 0 aromatic heterocycles. The van der Waals surface area contributed by atoms with E-state index in [-0.39, 0.29) is 12.1 Å². The molecule has 1 saturated carbocycles. The van der Waals surface area contributed by atoms with Gasteiger partial charge in [0, 0.05) is 23.7 Å². The van der Waals surface area contributed by atoms with Gasteiger partial charge in [-0.3, -0.25) is 4.90 Å². The molecule has 0 spiro atoms. The highest BCUT2D eigenvalue weighted by molar-refractivity contribution is 5.02. The van der Waals surface area contributed by atoms with Crippen LogP contribution >= 0.6 is 0 Å². The normalized spacial score (nSPS) is 43.4. The fourth-order valence-corrected chi connectivity index (χ4v) is 3.97. The number of aliphatic hydroxyl groups is 1. The Hall–Kier alpha value is -0.120. The highest BCUT2D eigenvalue weighted by Crippen LogP contribution is 2.38. The summed E-state index contributed by atoms with van der Waals surface area (Å²) in [6.45, 7) is 4.95. The van der Waals surface area contributed by atoms with Gasteiger partial charge in [0.25, 0.3) is 0 Å². The second-order valence-electron chi connectivity index (χ2n) is 6.02. The van der Waals surface area contributed by atoms with Gasteiger partial charge >= 0.3 is 0 Å². The van der Waals surface area contributed by atoms with Gasteiger partial charge in [-0.1, -0.05) is 6.92 Å². The van der Waals surface area contributed by atoms with E-state index in [1.54, 1.807) is 0 Å². The molecule has 3 nitrogen and oxygen atoms in total. The highest BCUT2D eigenvalue weighted by atomic mass is 16.3. The molecule has 1 saturated heterocycles. The van der Waals surface area contributed by atoms with E-state index in [1.807, 2.05) is 7.05 Å². The van der Waals surface area contributed by atoms with Crippen molar-refractivity contribution in [1.82, 2.24) is 10.2 Å². The van der Waals surface area contributed by atoms with E-state index in [0.29, 0.717) is 6.04 Å². The third-order valence-electron chi connectivity index (χ3n) is 5.16. The molecule has 2 fully saturated rings. The van der Waals surface area contributed by atoms with Gasteiger partial charge < -0.3 is 10.4 Å². The summed E-state index contributed by atoms with van der Waals surface area (Å²) in [5.41, 5.74) is -0.00866. The maximum Gasteiger partial charge on any atom is 0.0613 e. The van der Waals surface area contributed by atoms with Crippen molar-refractivity contribution in [3.05, 3.63) is 0 Å². The average molecular weight is 240 g/mol. The molecule has 3 heteroatoms. The third kappa shape index (κ3) is 2.38. The van der Waals surface area contributed by atoms with Crippen molar-refractivity contribution in [3.8, 4) is 0 Å². The molecule has 100 valence electrons. The number of nitrogens with zero attached hydrogens (tertiary/aromatic N) is 1. The summed E-state index contributed by atoms with van der Waals surface area (Å²) in [7, 11) is 1.99. The summed E-state index contributed by atoms with van der Waals surface area (Å²) in [6, 6.07) is 2.19. The zero-order valence-corrected chi connectivity index (χ0v) is 11.6. The molecule has 1 aliphatic carbocycles. The Balaban J connectivity index is 2.04. The van der Waals surface area contributed by atoms with E-state index >= 15 is 0 Å². The van der Waals surface area contributed by atoms with Crippen molar-refractivity contribution >= 4 is 0 Å². The predicted octanol–water partition coefficient (Wildman–Crippen LogP) is 1.75. The van der Waals surface area contributed by atoms with Gasteiger partial charge in [0.05, 0.1) is 6.61 Å². The molecule has 17 heavy (non-hydrogen) atoms. The fraction of sp³-hybridized carbons (Fsp3) is 1.00. The molecule has 1 aliphatic heterocycles. The second kappa shape index (κ2) is 5.25. The average Bonchev–Trinajstić information content (AvgIpc) is 2.93. The van der Waals surface area contributed by atoms with Crippen molar-refractivity contribution in [2.75, 3.05) is 13.7 Å². The summed E-state index contributed by atoms with van der Waals surface area (Å²) in [4.78, 5) is 2.74. The van der Waals surface area contributed by atoms with Crippen LogP contribution in [0.15, 0.2) is 0 Å². The van der Waals surface area contributed by atoms with Crippen molar-refractivity contribution in [1.29, 1.82) is 0 Å². The molecule has 4 atom stereocenters. The lowest BCUT2D eigenvalue weighted by Crippen LogP contribution is -2.48. The second-order valence-corrected chi connectivity index (χ2v) is 6.02. The van der Waals surface area contributed by atoms with Crippen LogP contribution in [0.25, 0.3) is 0 Å². The molecule has 1 heterocycles. The predicted molar refractivity (Wildman–Crippen MR) is 71.1 cm³/mol. The lowest BCUT2D eigenvalue weighted by molar-refractivity contribution is 0.115. The molecule has 2 aliphatic rings. The number of aliphatic hydroxyl groups excluding tert-OH is 1. The van der Waals surface area contributed by atoms with Gasteiger partial charge in [-0.05, 0) is 52.5 Å². The van der Waals surface area contributed by atoms with E-state index in [4.69, 9.17) is 0 Å². The fourth-order valence-electron chi connectivity index (χ4n) is 3.97. The van der Waals surface area contributed by atoms with Crippen LogP contribution in [0.4, 0.5) is 0 Å². The summed E-state index contributed by atoms with van der Waals surface area (Å²) >= 11 is 0. The molecule has 0 amide bonds. The van der Waals surface area contributed by atoms with Gasteiger partial charge in [0.1, 0.15) is 0 Å². The smallest absolute Gasteiger partial charge is 0.0613 e. The maximum atomic E-state index is 9.59. The van der Waals surface area contributed by atoms with Gasteiger partial charge in [0.15, 0.2) is 0 Å². The molecule has 0 aromatic carbocycles. The SMILES string of the molecule is CCC1CCC(C)N1C1CCC(CO)(NC)C1. The lowest BCUT2D eigenvalue weighted by Gasteiger charge is -2.35. The quantitative estimate of drug-likeness (QED) is 0.786. The van der Waals surface area contributed by atoms with Crippen molar-refractivity contribution in [3.63, 3.8) is 0 Å². The van der Waals surface area contributed by atoms with E-state index in [9.17, 15) is 5.11 Å². The Morgan fingerprint density at radius 3 is 2.65 bits per heavy atom. The lowest BCUT2D eigenvalue weighted by atomic mass is 9.98. The van der Waals surface area contributed by atoms with E-state index in [0.717, 1.165) is 24.9 Å². The largest absolute Gasteiger partial charge is 0.394 e. The Bertz CT molecular complexity index is 253. The Kier molecular flexibility index (Phi) is 4.11. The number of nitrogens with one attached hydrogen (secondary N) is 1. The molecule has 0 bridgehead atoms. The van der Waals surface area contributed by atoms with E-state index in [1.165, 1.54) is 25.7 Å². The molecule has 0 radical (unpaired) electrons. The molecular formula is C14H28N2O. The minimum absolute atomic E-state index is 0.00866. The van der Waals surface area contributed by atoms with E-state index in [2.05, 4.69) is 24.1 Å². The van der Waals surface area contributed by atoms with Gasteiger partial charge in [-0.2, -0.15) is 0 Å². The van der Waals surface area contributed by atoms with Crippen LogP contribution in [-0.4, -0.2) is 47.3 Å². The van der Waals surface area contributed by atoms with Crippen LogP contribution in [0.5, 0.6) is 0 Å². The Morgan fingerprint density at radius 2 is 2.12 bits per heavy atom. The van der Waals surface area contributed by atoms with Crippen molar-refractivity contribution < 1.29 is 5.11 Å². The van der Waals surface area contributed by atoms with Crippen LogP contribution in [0.2, 0.25) is 0 Å². The van der Waals surface area contributed by atoms with Crippen LogP contribution in [0.3, 0.4) is 0 Å². The molecule has 4 unspecified atom stereocenters. The number of hydrogen-bond donors (Lipinski definition) is 2. The van der Waals surface area contributed by atoms with Crippen molar-refractivity contribution in [2.45, 2.75) is 76.0 Å². The first-order chi connectivity index (χ1) is 8.15. The van der Waals surface area contributed by atoms with Crippen LogP contribution in [0.1, 0.15) is 52.4 Å². The molecular weight excluding hydrogens is 212 g/mol. The van der Waals surface area contributed by atoms with Crippen LogP contribution in [0, 0.1) is 0 Å². The number of hydrogen-bond acceptors (Lipinski definition) is 3. The van der Waals surface area contributed by atoms with Crippen molar-refractivity contribution in [2.24, 2.45) is 0 Å². The summed E-state index contributed by atoms with van der Waals surface area (Å²) in [6.07, 6.45) is 7.44. The minimum atomic E-state index is -0.00866. The monoisotopic (exact) mass is 240 g/mol. The Labute approximate surface area is 106 Å². The van der Waals surface area contributed by atoms with Gasteiger partial charge in [0.2, 0.25) is 0 Å². The van der Waals surface area contributed by atoms with Crippen LogP contribution in [-0.2, 0) is 0 Å². The molecule has 0 aromatic rings. The zero-order chi connectivity index (χ0) is 12.5. The zero-order valence-electron chi connectivity index (χ0n) is 11.6. The number of likely N-dealkylation sites (tertiary alicyclic amines) is 1. The summed E-state index contributed by atoms with van der Waals surface area (Å²) < 4.78 is 0. The topological polar surface area (TPSA) is 35.5 Å². The first-order valence-corrected chi connectivity index (χ1v) is 7.23. The minimum Gasteiger partial charge on any atom is -0.394 e. The number of rotatable bonds is 4. The molecule has 2 rings (SSSR count). The first-order valence-electron chi connectivity index (χ1n) is 7.23. The van der Waals surface area contributed by atoms with Crippen LogP contribution < -0.4 is 5.32 Å². The first kappa shape index (κ1) is 13.3. The van der Waals surface area contributed by atoms with E-state index < -0.39 is 0 Å².